The first-order chi connectivity index (χ1) is 30.6. The number of phosphoric acid groups is 1. The molecule has 0 heterocycles. The molecule has 0 spiro atoms. The number of carbonyl (C=O) groups excluding carboxylic acids is 1. The van der Waals surface area contributed by atoms with Gasteiger partial charge < -0.3 is 27.9 Å². The van der Waals surface area contributed by atoms with Crippen LogP contribution >= 0.6 is 7.82 Å². The van der Waals surface area contributed by atoms with E-state index in [1.54, 1.807) is 0 Å². The minimum absolute atomic E-state index is 0.0171. The number of hydrogen-bond acceptors (Lipinski definition) is 7. The lowest BCUT2D eigenvalue weighted by Gasteiger charge is -2.28. The van der Waals surface area contributed by atoms with Crippen molar-refractivity contribution in [2.24, 2.45) is 0 Å². The van der Waals surface area contributed by atoms with Crippen LogP contribution in [0.3, 0.4) is 0 Å². The summed E-state index contributed by atoms with van der Waals surface area (Å²) in [6.07, 6.45) is 60.7. The van der Waals surface area contributed by atoms with Crippen molar-refractivity contribution in [1.82, 2.24) is 0 Å². The topological polar surface area (TPSA) is 94.1 Å². The Balaban J connectivity index is 4.22. The summed E-state index contributed by atoms with van der Waals surface area (Å²) in [5, 5.41) is 0. The predicted octanol–water partition coefficient (Wildman–Crippen LogP) is 15.2. The normalized spacial score (nSPS) is 14.2. The van der Waals surface area contributed by atoms with Crippen molar-refractivity contribution in [3.8, 4) is 0 Å². The van der Waals surface area contributed by atoms with Crippen LogP contribution in [0, 0.1) is 0 Å². The number of carbonyl (C=O) groups is 1. The zero-order valence-electron chi connectivity index (χ0n) is 41.5. The third kappa shape index (κ3) is 50.8. The molecule has 2 atom stereocenters. The molecule has 0 fully saturated rings. The average Bonchev–Trinajstić information content (AvgIpc) is 3.24. The summed E-state index contributed by atoms with van der Waals surface area (Å²) in [6, 6.07) is 0. The molecule has 2 unspecified atom stereocenters. The summed E-state index contributed by atoms with van der Waals surface area (Å²) in [6.45, 7) is 5.23. The smallest absolute Gasteiger partial charge is 0.306 e. The van der Waals surface area contributed by atoms with Gasteiger partial charge in [0.15, 0.2) is 0 Å². The Morgan fingerprint density at radius 2 is 0.921 bits per heavy atom. The van der Waals surface area contributed by atoms with Crippen LogP contribution in [0.25, 0.3) is 0 Å². The van der Waals surface area contributed by atoms with Gasteiger partial charge in [0.2, 0.25) is 0 Å². The molecule has 0 saturated heterocycles. The van der Waals surface area contributed by atoms with Crippen LogP contribution in [0.2, 0.25) is 0 Å². The highest BCUT2D eigenvalue weighted by Crippen LogP contribution is 2.38. The lowest BCUT2D eigenvalue weighted by molar-refractivity contribution is -0.870. The number of ether oxygens (including phenoxy) is 2. The quantitative estimate of drug-likeness (QED) is 0.0197. The van der Waals surface area contributed by atoms with E-state index in [4.69, 9.17) is 18.5 Å². The first-order valence-electron chi connectivity index (χ1n) is 25.7. The zero-order chi connectivity index (χ0) is 46.2. The number of phosphoric ester groups is 1. The predicted molar refractivity (Wildman–Crippen MR) is 268 cm³/mol. The molecule has 0 amide bonds. The number of nitrogens with zero attached hydrogens (tertiary/aromatic N) is 1. The standard InChI is InChI=1S/C54H98NO7P/c1-6-8-10-12-14-16-18-20-22-24-26-27-28-30-32-34-36-38-40-42-44-46-49-59-51-53(52-61-63(57,58)60-50-48-55(3,4)5)62-54(56)47-45-43-41-39-37-35-33-31-29-25-23-21-19-17-15-13-11-9-7-2/h8,10,14,16,20,22,26-27,30,32,36,38,53H,6-7,9,11-13,15,17-19,21,23-25,28-29,31,33-35,37,39-52H2,1-5H3/b10-8-,16-14-,22-20-,27-26-,32-30-,38-36-. The molecule has 0 rings (SSSR count). The van der Waals surface area contributed by atoms with Crippen molar-refractivity contribution in [1.29, 1.82) is 0 Å². The van der Waals surface area contributed by atoms with Gasteiger partial charge in [0.1, 0.15) is 19.3 Å². The van der Waals surface area contributed by atoms with Crippen LogP contribution in [0.1, 0.15) is 206 Å². The number of rotatable bonds is 47. The van der Waals surface area contributed by atoms with Gasteiger partial charge in [0.05, 0.1) is 34.4 Å². The molecule has 0 radical (unpaired) electrons. The number of allylic oxidation sites excluding steroid dienone is 12. The first-order valence-corrected chi connectivity index (χ1v) is 27.1. The van der Waals surface area contributed by atoms with Gasteiger partial charge in [-0.1, -0.05) is 209 Å². The van der Waals surface area contributed by atoms with Gasteiger partial charge in [-0.15, -0.1) is 0 Å². The van der Waals surface area contributed by atoms with E-state index in [1.807, 2.05) is 21.1 Å². The van der Waals surface area contributed by atoms with E-state index in [2.05, 4.69) is 86.8 Å². The molecule has 63 heavy (non-hydrogen) atoms. The fraction of sp³-hybridized carbons (Fsp3) is 0.759. The van der Waals surface area contributed by atoms with E-state index in [1.165, 1.54) is 103 Å². The van der Waals surface area contributed by atoms with Crippen molar-refractivity contribution in [2.75, 3.05) is 54.1 Å². The maximum atomic E-state index is 12.7. The molecule has 0 aliphatic rings. The third-order valence-corrected chi connectivity index (χ3v) is 11.7. The van der Waals surface area contributed by atoms with Crippen molar-refractivity contribution in [2.45, 2.75) is 213 Å². The molecule has 9 heteroatoms. The van der Waals surface area contributed by atoms with Gasteiger partial charge in [-0.3, -0.25) is 9.36 Å². The molecular formula is C54H98NO7P. The van der Waals surface area contributed by atoms with Crippen LogP contribution in [0.15, 0.2) is 72.9 Å². The van der Waals surface area contributed by atoms with E-state index < -0.39 is 13.9 Å². The highest BCUT2D eigenvalue weighted by molar-refractivity contribution is 7.45. The van der Waals surface area contributed by atoms with E-state index >= 15 is 0 Å². The molecule has 366 valence electrons. The molecule has 0 aliphatic heterocycles. The molecule has 0 saturated carbocycles. The highest BCUT2D eigenvalue weighted by Gasteiger charge is 2.20. The Morgan fingerprint density at radius 1 is 0.508 bits per heavy atom. The van der Waals surface area contributed by atoms with Gasteiger partial charge in [0.25, 0.3) is 7.82 Å². The molecular weight excluding hydrogens is 806 g/mol. The monoisotopic (exact) mass is 904 g/mol. The van der Waals surface area contributed by atoms with Crippen molar-refractivity contribution in [3.63, 3.8) is 0 Å². The number of quaternary nitrogens is 1. The van der Waals surface area contributed by atoms with E-state index in [9.17, 15) is 14.3 Å². The SMILES string of the molecule is CC/C=C\C/C=C\C/C=C\C/C=C\C/C=C\C/C=C\CCCCCOCC(COP(=O)([O-])OCC[N+](C)(C)C)OC(=O)CCCCCCCCCCCCCCCCCCCCC. The molecule has 0 aromatic rings. The van der Waals surface area contributed by atoms with Gasteiger partial charge in [-0.05, 0) is 64.2 Å². The van der Waals surface area contributed by atoms with E-state index in [0.29, 0.717) is 24.1 Å². The molecule has 0 aromatic heterocycles. The minimum atomic E-state index is -4.54. The van der Waals surface area contributed by atoms with Crippen LogP contribution in [-0.4, -0.2) is 70.7 Å². The molecule has 8 nitrogen and oxygen atoms in total. The number of hydrogen-bond donors (Lipinski definition) is 0. The number of esters is 1. The highest BCUT2D eigenvalue weighted by atomic mass is 31.2. The van der Waals surface area contributed by atoms with Crippen LogP contribution in [0.4, 0.5) is 0 Å². The second kappa shape index (κ2) is 46.5. The fourth-order valence-electron chi connectivity index (χ4n) is 6.84. The maximum Gasteiger partial charge on any atom is 0.306 e. The van der Waals surface area contributed by atoms with Crippen molar-refractivity contribution >= 4 is 13.8 Å². The summed E-state index contributed by atoms with van der Waals surface area (Å²) in [5.41, 5.74) is 0. The van der Waals surface area contributed by atoms with Gasteiger partial charge in [-0.2, -0.15) is 0 Å². The Kier molecular flexibility index (Phi) is 44.9. The summed E-state index contributed by atoms with van der Waals surface area (Å²) >= 11 is 0. The molecule has 0 aromatic carbocycles. The first kappa shape index (κ1) is 60.9. The Labute approximate surface area is 389 Å². The fourth-order valence-corrected chi connectivity index (χ4v) is 7.57. The zero-order valence-corrected chi connectivity index (χ0v) is 42.4. The Bertz CT molecular complexity index is 1230. The van der Waals surface area contributed by atoms with Gasteiger partial charge in [0, 0.05) is 13.0 Å². The molecule has 0 aliphatic carbocycles. The van der Waals surface area contributed by atoms with Crippen LogP contribution in [0.5, 0.6) is 0 Å². The van der Waals surface area contributed by atoms with E-state index in [-0.39, 0.29) is 25.8 Å². The third-order valence-electron chi connectivity index (χ3n) is 10.8. The summed E-state index contributed by atoms with van der Waals surface area (Å²) in [7, 11) is 1.33. The van der Waals surface area contributed by atoms with Crippen LogP contribution < -0.4 is 4.89 Å². The molecule has 0 N–H and O–H groups in total. The average molecular weight is 904 g/mol. The summed E-state index contributed by atoms with van der Waals surface area (Å²) in [4.78, 5) is 25.2. The second-order valence-corrected chi connectivity index (χ2v) is 19.6. The van der Waals surface area contributed by atoms with E-state index in [0.717, 1.165) is 83.5 Å². The number of likely N-dealkylation sites (N-methyl/N-ethyl adjacent to an activating group) is 1. The summed E-state index contributed by atoms with van der Waals surface area (Å²) in [5.74, 6) is -0.345. The number of unbranched alkanes of at least 4 members (excludes halogenated alkanes) is 21. The molecule has 0 bridgehead atoms. The van der Waals surface area contributed by atoms with Gasteiger partial charge in [-0.25, -0.2) is 0 Å². The second-order valence-electron chi connectivity index (χ2n) is 18.2. The van der Waals surface area contributed by atoms with Gasteiger partial charge >= 0.3 is 5.97 Å². The Hall–Kier alpha value is -2.06. The van der Waals surface area contributed by atoms with Crippen LogP contribution in [-0.2, 0) is 27.9 Å². The van der Waals surface area contributed by atoms with Crippen molar-refractivity contribution < 1.29 is 37.3 Å². The largest absolute Gasteiger partial charge is 0.756 e. The maximum absolute atomic E-state index is 12.7. The van der Waals surface area contributed by atoms with Crippen molar-refractivity contribution in [3.05, 3.63) is 72.9 Å². The lowest BCUT2D eigenvalue weighted by Crippen LogP contribution is -2.37. The summed E-state index contributed by atoms with van der Waals surface area (Å²) < 4.78 is 34.7. The Morgan fingerprint density at radius 3 is 1.37 bits per heavy atom. The minimum Gasteiger partial charge on any atom is -0.756 e. The lowest BCUT2D eigenvalue weighted by atomic mass is 10.0.